The molecule has 0 radical (unpaired) electrons. The minimum Gasteiger partial charge on any atom is -0.235 e. The van der Waals surface area contributed by atoms with Crippen molar-refractivity contribution in [1.82, 2.24) is 9.29 Å². The molecule has 0 fully saturated rings. The number of aromatic nitrogens is 1. The Morgan fingerprint density at radius 3 is 2.70 bits per heavy atom. The lowest BCUT2D eigenvalue weighted by Gasteiger charge is -2.12. The molecule has 4 nitrogen and oxygen atoms in total. The Kier molecular flexibility index (Phi) is 4.85. The van der Waals surface area contributed by atoms with Crippen molar-refractivity contribution in [3.05, 3.63) is 40.9 Å². The average Bonchev–Trinajstić information content (AvgIpc) is 2.82. The first-order valence-electron chi connectivity index (χ1n) is 5.96. The molecule has 0 atom stereocenters. The van der Waals surface area contributed by atoms with E-state index >= 15 is 0 Å². The normalized spacial score (nSPS) is 12.0. The molecule has 0 saturated carbocycles. The third-order valence-corrected chi connectivity index (χ3v) is 6.66. The third kappa shape index (κ3) is 3.60. The fourth-order valence-electron chi connectivity index (χ4n) is 1.55. The van der Waals surface area contributed by atoms with Crippen LogP contribution in [-0.2, 0) is 15.8 Å². The highest BCUT2D eigenvalue weighted by molar-refractivity contribution is 8.00. The standard InChI is InChI=1S/C13H16N2O2S3/c1-10-8-18-13(14-10)19-9-11-5-4-6-12(7-11)20(16,17)15(2)3/h4-8H,9H2,1-3H3. The van der Waals surface area contributed by atoms with Crippen molar-refractivity contribution >= 4 is 33.1 Å². The Balaban J connectivity index is 2.14. The van der Waals surface area contributed by atoms with Crippen LogP contribution in [0.2, 0.25) is 0 Å². The molecule has 7 heteroatoms. The van der Waals surface area contributed by atoms with Crippen LogP contribution in [0.1, 0.15) is 11.3 Å². The molecule has 1 aromatic heterocycles. The molecule has 0 amide bonds. The molecule has 0 aliphatic heterocycles. The quantitative estimate of drug-likeness (QED) is 0.792. The Morgan fingerprint density at radius 1 is 1.35 bits per heavy atom. The molecule has 0 unspecified atom stereocenters. The summed E-state index contributed by atoms with van der Waals surface area (Å²) in [5, 5.41) is 2.01. The highest BCUT2D eigenvalue weighted by Crippen LogP contribution is 2.27. The van der Waals surface area contributed by atoms with Crippen molar-refractivity contribution in [2.75, 3.05) is 14.1 Å². The molecule has 0 aliphatic carbocycles. The van der Waals surface area contributed by atoms with Crippen molar-refractivity contribution < 1.29 is 8.42 Å². The Labute approximate surface area is 127 Å². The second-order valence-corrected chi connectivity index (χ2v) is 8.71. The summed E-state index contributed by atoms with van der Waals surface area (Å²) in [5.74, 6) is 0.712. The van der Waals surface area contributed by atoms with Gasteiger partial charge in [-0.3, -0.25) is 0 Å². The lowest BCUT2D eigenvalue weighted by molar-refractivity contribution is 0.520. The smallest absolute Gasteiger partial charge is 0.235 e. The first-order chi connectivity index (χ1) is 9.39. The van der Waals surface area contributed by atoms with Gasteiger partial charge in [-0.05, 0) is 24.6 Å². The van der Waals surface area contributed by atoms with Gasteiger partial charge in [-0.1, -0.05) is 23.9 Å². The fourth-order valence-corrected chi connectivity index (χ4v) is 4.32. The Hall–Kier alpha value is -0.890. The van der Waals surface area contributed by atoms with Gasteiger partial charge in [0.2, 0.25) is 10.0 Å². The van der Waals surface area contributed by atoms with Gasteiger partial charge in [-0.2, -0.15) is 0 Å². The molecule has 0 N–H and O–H groups in total. The van der Waals surface area contributed by atoms with Gasteiger partial charge in [0.1, 0.15) is 4.34 Å². The van der Waals surface area contributed by atoms with Crippen LogP contribution >= 0.6 is 23.1 Å². The predicted molar refractivity (Wildman–Crippen MR) is 83.7 cm³/mol. The summed E-state index contributed by atoms with van der Waals surface area (Å²) in [5.41, 5.74) is 1.99. The van der Waals surface area contributed by atoms with Gasteiger partial charge in [0.15, 0.2) is 0 Å². The first kappa shape index (κ1) is 15.5. The number of benzene rings is 1. The van der Waals surface area contributed by atoms with E-state index in [4.69, 9.17) is 0 Å². The number of thioether (sulfide) groups is 1. The van der Waals surface area contributed by atoms with Gasteiger partial charge < -0.3 is 0 Å². The van der Waals surface area contributed by atoms with Gasteiger partial charge in [0.05, 0.1) is 4.90 Å². The lowest BCUT2D eigenvalue weighted by atomic mass is 10.2. The molecule has 2 aromatic rings. The predicted octanol–water partition coefficient (Wildman–Crippen LogP) is 2.99. The maximum atomic E-state index is 12.1. The van der Waals surface area contributed by atoms with Crippen molar-refractivity contribution in [2.45, 2.75) is 21.9 Å². The van der Waals surface area contributed by atoms with Crippen LogP contribution in [-0.4, -0.2) is 31.8 Å². The van der Waals surface area contributed by atoms with Crippen molar-refractivity contribution in [1.29, 1.82) is 0 Å². The number of rotatable bonds is 5. The van der Waals surface area contributed by atoms with Gasteiger partial charge in [-0.25, -0.2) is 17.7 Å². The molecule has 1 aromatic carbocycles. The van der Waals surface area contributed by atoms with E-state index in [2.05, 4.69) is 4.98 Å². The molecule has 0 aliphatic rings. The molecule has 108 valence electrons. The summed E-state index contributed by atoms with van der Waals surface area (Å²) < 4.78 is 26.4. The number of nitrogens with zero attached hydrogens (tertiary/aromatic N) is 2. The van der Waals surface area contributed by atoms with E-state index in [-0.39, 0.29) is 0 Å². The molecule has 0 saturated heterocycles. The molecule has 20 heavy (non-hydrogen) atoms. The van der Waals surface area contributed by atoms with Crippen LogP contribution in [0.3, 0.4) is 0 Å². The van der Waals surface area contributed by atoms with Gasteiger partial charge >= 0.3 is 0 Å². The summed E-state index contributed by atoms with van der Waals surface area (Å²) in [6.45, 7) is 1.96. The van der Waals surface area contributed by atoms with Gasteiger partial charge in [-0.15, -0.1) is 11.3 Å². The van der Waals surface area contributed by atoms with E-state index in [0.717, 1.165) is 15.6 Å². The van der Waals surface area contributed by atoms with Crippen LogP contribution in [0.5, 0.6) is 0 Å². The zero-order chi connectivity index (χ0) is 14.8. The molecule has 2 rings (SSSR count). The first-order valence-corrected chi connectivity index (χ1v) is 9.26. The van der Waals surface area contributed by atoms with Crippen LogP contribution in [0.15, 0.2) is 38.9 Å². The number of hydrogen-bond donors (Lipinski definition) is 0. The maximum absolute atomic E-state index is 12.1. The molecule has 0 spiro atoms. The SMILES string of the molecule is Cc1csc(SCc2cccc(S(=O)(=O)N(C)C)c2)n1. The topological polar surface area (TPSA) is 50.3 Å². The maximum Gasteiger partial charge on any atom is 0.242 e. The largest absolute Gasteiger partial charge is 0.242 e. The van der Waals surface area contributed by atoms with Crippen LogP contribution in [0, 0.1) is 6.92 Å². The highest BCUT2D eigenvalue weighted by Gasteiger charge is 2.17. The van der Waals surface area contributed by atoms with Crippen molar-refractivity contribution in [2.24, 2.45) is 0 Å². The molecule has 0 bridgehead atoms. The number of hydrogen-bond acceptors (Lipinski definition) is 5. The number of aryl methyl sites for hydroxylation is 1. The summed E-state index contributed by atoms with van der Waals surface area (Å²) in [6, 6.07) is 7.06. The number of thiazole rings is 1. The van der Waals surface area contributed by atoms with Gasteiger partial charge in [0, 0.05) is 30.9 Å². The Morgan fingerprint density at radius 2 is 2.10 bits per heavy atom. The van der Waals surface area contributed by atoms with Crippen LogP contribution in [0.4, 0.5) is 0 Å². The lowest BCUT2D eigenvalue weighted by Crippen LogP contribution is -2.22. The second-order valence-electron chi connectivity index (χ2n) is 4.48. The number of sulfonamides is 1. The van der Waals surface area contributed by atoms with E-state index in [1.54, 1.807) is 41.3 Å². The van der Waals surface area contributed by atoms with E-state index in [0.29, 0.717) is 10.6 Å². The fraction of sp³-hybridized carbons (Fsp3) is 0.308. The van der Waals surface area contributed by atoms with E-state index in [9.17, 15) is 8.42 Å². The van der Waals surface area contributed by atoms with E-state index < -0.39 is 10.0 Å². The zero-order valence-corrected chi connectivity index (χ0v) is 14.0. The van der Waals surface area contributed by atoms with Crippen LogP contribution < -0.4 is 0 Å². The highest BCUT2D eigenvalue weighted by atomic mass is 32.2. The Bertz CT molecular complexity index is 693. The summed E-state index contributed by atoms with van der Waals surface area (Å²) >= 11 is 3.23. The molecular formula is C13H16N2O2S3. The average molecular weight is 328 g/mol. The molecular weight excluding hydrogens is 312 g/mol. The van der Waals surface area contributed by atoms with Crippen LogP contribution in [0.25, 0.3) is 0 Å². The second kappa shape index (κ2) is 6.26. The summed E-state index contributed by atoms with van der Waals surface area (Å²) in [7, 11) is -0.294. The molecule has 1 heterocycles. The minimum absolute atomic E-state index is 0.330. The van der Waals surface area contributed by atoms with E-state index in [1.165, 1.54) is 18.4 Å². The zero-order valence-electron chi connectivity index (χ0n) is 11.5. The van der Waals surface area contributed by atoms with Crippen molar-refractivity contribution in [3.63, 3.8) is 0 Å². The summed E-state index contributed by atoms with van der Waals surface area (Å²) in [6.07, 6.45) is 0. The van der Waals surface area contributed by atoms with E-state index in [1.807, 2.05) is 18.4 Å². The van der Waals surface area contributed by atoms with Crippen molar-refractivity contribution in [3.8, 4) is 0 Å². The summed E-state index contributed by atoms with van der Waals surface area (Å²) in [4.78, 5) is 4.71. The third-order valence-electron chi connectivity index (χ3n) is 2.64. The minimum atomic E-state index is -3.37. The van der Waals surface area contributed by atoms with Gasteiger partial charge in [0.25, 0.3) is 0 Å². The monoisotopic (exact) mass is 328 g/mol.